The van der Waals surface area contributed by atoms with Crippen LogP contribution in [0, 0.1) is 6.92 Å². The summed E-state index contributed by atoms with van der Waals surface area (Å²) >= 11 is 5.76. The van der Waals surface area contributed by atoms with Gasteiger partial charge in [-0.05, 0) is 42.3 Å². The summed E-state index contributed by atoms with van der Waals surface area (Å²) in [7, 11) is 1.95. The van der Waals surface area contributed by atoms with Crippen molar-refractivity contribution in [3.8, 4) is 0 Å². The van der Waals surface area contributed by atoms with Gasteiger partial charge in [-0.2, -0.15) is 0 Å². The lowest BCUT2D eigenvalue weighted by molar-refractivity contribution is 1.08. The molecule has 0 saturated carbocycles. The normalized spacial score (nSPS) is 10.2. The molecule has 2 rings (SSSR count). The Morgan fingerprint density at radius 2 is 2.06 bits per heavy atom. The Balaban J connectivity index is 2.35. The third-order valence-corrected chi connectivity index (χ3v) is 2.53. The average Bonchev–Trinajstić information content (AvgIpc) is 2.28. The third kappa shape index (κ3) is 2.31. The molecule has 0 spiro atoms. The van der Waals surface area contributed by atoms with Crippen LogP contribution >= 0.6 is 11.6 Å². The van der Waals surface area contributed by atoms with Gasteiger partial charge < -0.3 is 4.90 Å². The van der Waals surface area contributed by atoms with Crippen LogP contribution in [0.25, 0.3) is 0 Å². The monoisotopic (exact) mass is 233 g/mol. The molecule has 82 valence electrons. The van der Waals surface area contributed by atoms with Gasteiger partial charge in [-0.15, -0.1) is 0 Å². The molecule has 0 atom stereocenters. The number of halogens is 1. The number of aromatic nitrogens is 2. The molecule has 3 nitrogen and oxygen atoms in total. The topological polar surface area (TPSA) is 29.0 Å². The molecule has 1 aromatic heterocycles. The average molecular weight is 234 g/mol. The lowest BCUT2D eigenvalue weighted by Crippen LogP contribution is -2.11. The van der Waals surface area contributed by atoms with Gasteiger partial charge in [-0.25, -0.2) is 9.97 Å². The quantitative estimate of drug-likeness (QED) is 0.746. The zero-order valence-electron chi connectivity index (χ0n) is 9.18. The first-order valence-electron chi connectivity index (χ1n) is 4.96. The van der Waals surface area contributed by atoms with Gasteiger partial charge in [0.15, 0.2) is 0 Å². The molecule has 0 aliphatic heterocycles. The van der Waals surface area contributed by atoms with Crippen molar-refractivity contribution in [2.24, 2.45) is 0 Å². The molecule has 0 unspecified atom stereocenters. The highest BCUT2D eigenvalue weighted by atomic mass is 35.5. The molecule has 1 heterocycles. The molecule has 0 amide bonds. The first-order valence-corrected chi connectivity index (χ1v) is 5.33. The number of hydrogen-bond donors (Lipinski definition) is 0. The zero-order valence-corrected chi connectivity index (χ0v) is 9.94. The van der Waals surface area contributed by atoms with Crippen LogP contribution in [0.3, 0.4) is 0 Å². The van der Waals surface area contributed by atoms with E-state index in [-0.39, 0.29) is 5.28 Å². The Bertz CT molecular complexity index is 454. The Hall–Kier alpha value is -1.61. The van der Waals surface area contributed by atoms with Gasteiger partial charge in [0.1, 0.15) is 5.82 Å². The van der Waals surface area contributed by atoms with Crippen LogP contribution in [0.5, 0.6) is 0 Å². The van der Waals surface area contributed by atoms with Crippen molar-refractivity contribution in [1.82, 2.24) is 9.97 Å². The number of benzene rings is 1. The Morgan fingerprint density at radius 3 is 2.75 bits per heavy atom. The smallest absolute Gasteiger partial charge is 0.224 e. The van der Waals surface area contributed by atoms with Gasteiger partial charge in [0.05, 0.1) is 0 Å². The van der Waals surface area contributed by atoms with Crippen molar-refractivity contribution in [3.05, 3.63) is 47.4 Å². The molecule has 0 saturated heterocycles. The molecule has 0 aliphatic rings. The second-order valence-electron chi connectivity index (χ2n) is 3.58. The maximum atomic E-state index is 5.76. The SMILES string of the molecule is Cc1cccc(N(C)c2ccnc(Cl)n2)c1. The van der Waals surface area contributed by atoms with E-state index in [0.29, 0.717) is 0 Å². The highest BCUT2D eigenvalue weighted by molar-refractivity contribution is 6.28. The predicted octanol–water partition coefficient (Wildman–Crippen LogP) is 3.21. The van der Waals surface area contributed by atoms with Crippen LogP contribution in [-0.2, 0) is 0 Å². The number of anilines is 2. The summed E-state index contributed by atoms with van der Waals surface area (Å²) in [5.74, 6) is 0.783. The van der Waals surface area contributed by atoms with Gasteiger partial charge in [0.25, 0.3) is 0 Å². The number of nitrogens with zero attached hydrogens (tertiary/aromatic N) is 3. The fraction of sp³-hybridized carbons (Fsp3) is 0.167. The zero-order chi connectivity index (χ0) is 11.5. The summed E-state index contributed by atoms with van der Waals surface area (Å²) in [4.78, 5) is 9.99. The van der Waals surface area contributed by atoms with E-state index in [0.717, 1.165) is 11.5 Å². The molecule has 2 aromatic rings. The summed E-state index contributed by atoms with van der Waals surface area (Å²) in [6.07, 6.45) is 1.65. The summed E-state index contributed by atoms with van der Waals surface area (Å²) in [6.45, 7) is 2.06. The molecule has 4 heteroatoms. The summed E-state index contributed by atoms with van der Waals surface area (Å²) in [5.41, 5.74) is 2.29. The summed E-state index contributed by atoms with van der Waals surface area (Å²) in [5, 5.41) is 0.261. The summed E-state index contributed by atoms with van der Waals surface area (Å²) < 4.78 is 0. The van der Waals surface area contributed by atoms with Gasteiger partial charge in [0, 0.05) is 18.9 Å². The molecule has 16 heavy (non-hydrogen) atoms. The fourth-order valence-corrected chi connectivity index (χ4v) is 1.62. The Morgan fingerprint density at radius 1 is 1.25 bits per heavy atom. The van der Waals surface area contributed by atoms with E-state index >= 15 is 0 Å². The van der Waals surface area contributed by atoms with Gasteiger partial charge in [-0.3, -0.25) is 0 Å². The highest BCUT2D eigenvalue weighted by Crippen LogP contribution is 2.22. The molecule has 0 N–H and O–H groups in total. The third-order valence-electron chi connectivity index (χ3n) is 2.34. The first kappa shape index (κ1) is 10.9. The maximum absolute atomic E-state index is 5.76. The van der Waals surface area contributed by atoms with Crippen LogP contribution in [0.2, 0.25) is 5.28 Å². The van der Waals surface area contributed by atoms with E-state index in [1.165, 1.54) is 5.56 Å². The Labute approximate surface area is 99.7 Å². The number of rotatable bonds is 2. The molecule has 1 aromatic carbocycles. The maximum Gasteiger partial charge on any atom is 0.224 e. The van der Waals surface area contributed by atoms with Crippen molar-refractivity contribution in [2.45, 2.75) is 6.92 Å². The minimum absolute atomic E-state index is 0.261. The second kappa shape index (κ2) is 4.49. The molecular formula is C12H12ClN3. The van der Waals surface area contributed by atoms with E-state index in [1.54, 1.807) is 6.20 Å². The van der Waals surface area contributed by atoms with Gasteiger partial charge >= 0.3 is 0 Å². The minimum Gasteiger partial charge on any atom is -0.329 e. The molecular weight excluding hydrogens is 222 g/mol. The van der Waals surface area contributed by atoms with E-state index in [2.05, 4.69) is 29.0 Å². The van der Waals surface area contributed by atoms with Crippen LogP contribution in [-0.4, -0.2) is 17.0 Å². The largest absolute Gasteiger partial charge is 0.329 e. The van der Waals surface area contributed by atoms with Gasteiger partial charge in [0.2, 0.25) is 5.28 Å². The van der Waals surface area contributed by atoms with Crippen LogP contribution in [0.1, 0.15) is 5.56 Å². The standard InChI is InChI=1S/C12H12ClN3/c1-9-4-3-5-10(8-9)16(2)11-6-7-14-12(13)15-11/h3-8H,1-2H3. The van der Waals surface area contributed by atoms with E-state index in [4.69, 9.17) is 11.6 Å². The fourth-order valence-electron chi connectivity index (χ4n) is 1.48. The van der Waals surface area contributed by atoms with Gasteiger partial charge in [-0.1, -0.05) is 12.1 Å². The minimum atomic E-state index is 0.261. The van der Waals surface area contributed by atoms with Crippen molar-refractivity contribution in [2.75, 3.05) is 11.9 Å². The second-order valence-corrected chi connectivity index (χ2v) is 3.92. The van der Waals surface area contributed by atoms with Crippen LogP contribution in [0.15, 0.2) is 36.5 Å². The lowest BCUT2D eigenvalue weighted by atomic mass is 10.2. The van der Waals surface area contributed by atoms with E-state index in [1.807, 2.05) is 30.1 Å². The van der Waals surface area contributed by atoms with Crippen molar-refractivity contribution < 1.29 is 0 Å². The number of hydrogen-bond acceptors (Lipinski definition) is 3. The molecule has 0 aliphatic carbocycles. The Kier molecular flexibility index (Phi) is 3.06. The summed E-state index contributed by atoms with van der Waals surface area (Å²) in [6, 6.07) is 10.0. The predicted molar refractivity (Wildman–Crippen MR) is 66.3 cm³/mol. The number of aryl methyl sites for hydroxylation is 1. The lowest BCUT2D eigenvalue weighted by Gasteiger charge is -2.18. The molecule has 0 bridgehead atoms. The first-order chi connectivity index (χ1) is 7.66. The van der Waals surface area contributed by atoms with Crippen molar-refractivity contribution in [3.63, 3.8) is 0 Å². The van der Waals surface area contributed by atoms with E-state index < -0.39 is 0 Å². The molecule has 0 fully saturated rings. The van der Waals surface area contributed by atoms with Crippen LogP contribution in [0.4, 0.5) is 11.5 Å². The van der Waals surface area contributed by atoms with E-state index in [9.17, 15) is 0 Å². The van der Waals surface area contributed by atoms with Crippen LogP contribution < -0.4 is 4.90 Å². The van der Waals surface area contributed by atoms with Crippen molar-refractivity contribution >= 4 is 23.1 Å². The highest BCUT2D eigenvalue weighted by Gasteiger charge is 2.05. The molecule has 0 radical (unpaired) electrons. The van der Waals surface area contributed by atoms with Crippen molar-refractivity contribution in [1.29, 1.82) is 0 Å².